The number of aromatic nitrogens is 2. The van der Waals surface area contributed by atoms with Crippen LogP contribution in [0.2, 0.25) is 0 Å². The number of nitrogens with one attached hydrogen (secondary N) is 2. The molecule has 0 radical (unpaired) electrons. The van der Waals surface area contributed by atoms with Gasteiger partial charge in [0.2, 0.25) is 0 Å². The third-order valence-corrected chi connectivity index (χ3v) is 4.32. The maximum absolute atomic E-state index is 5.94. The number of hydrogen-bond donors (Lipinski definition) is 2. The molecule has 0 aliphatic rings. The van der Waals surface area contributed by atoms with E-state index in [2.05, 4.69) is 33.7 Å². The number of halogens is 1. The molecular formula is C22H30IN5O2. The smallest absolute Gasteiger partial charge is 0.191 e. The van der Waals surface area contributed by atoms with E-state index < -0.39 is 0 Å². The molecular weight excluding hydrogens is 493 g/mol. The monoisotopic (exact) mass is 523 g/mol. The predicted molar refractivity (Wildman–Crippen MR) is 131 cm³/mol. The van der Waals surface area contributed by atoms with E-state index in [-0.39, 0.29) is 30.1 Å². The Kier molecular flexibility index (Phi) is 9.72. The molecule has 0 aliphatic heterocycles. The fourth-order valence-electron chi connectivity index (χ4n) is 2.92. The first kappa shape index (κ1) is 23.8. The number of ether oxygens (including phenoxy) is 2. The van der Waals surface area contributed by atoms with Gasteiger partial charge >= 0.3 is 0 Å². The molecule has 0 fully saturated rings. The summed E-state index contributed by atoms with van der Waals surface area (Å²) in [5.74, 6) is 2.33. The highest BCUT2D eigenvalue weighted by Crippen LogP contribution is 2.19. The Labute approximate surface area is 194 Å². The number of rotatable bonds is 9. The minimum Gasteiger partial charge on any atom is -0.497 e. The Morgan fingerprint density at radius 2 is 2.00 bits per heavy atom. The van der Waals surface area contributed by atoms with Gasteiger partial charge in [-0.1, -0.05) is 12.1 Å². The molecule has 162 valence electrons. The van der Waals surface area contributed by atoms with Crippen LogP contribution in [0.5, 0.6) is 11.5 Å². The second-order valence-electron chi connectivity index (χ2n) is 6.70. The topological polar surface area (TPSA) is 72.2 Å². The summed E-state index contributed by atoms with van der Waals surface area (Å²) in [6.07, 6.45) is 4.83. The summed E-state index contributed by atoms with van der Waals surface area (Å²) >= 11 is 0. The van der Waals surface area contributed by atoms with Gasteiger partial charge in [-0.2, -0.15) is 0 Å². The van der Waals surface area contributed by atoms with Crippen molar-refractivity contribution in [1.82, 2.24) is 20.0 Å². The zero-order valence-electron chi connectivity index (χ0n) is 17.7. The predicted octanol–water partition coefficient (Wildman–Crippen LogP) is 3.53. The number of imidazole rings is 1. The first-order chi connectivity index (χ1) is 14.2. The zero-order chi connectivity index (χ0) is 20.5. The molecule has 8 heteroatoms. The lowest BCUT2D eigenvalue weighted by atomic mass is 10.3. The van der Waals surface area contributed by atoms with Crippen molar-refractivity contribution in [2.24, 2.45) is 4.99 Å². The minimum atomic E-state index is -0.0593. The molecule has 0 aliphatic carbocycles. The molecule has 0 saturated carbocycles. The van der Waals surface area contributed by atoms with Gasteiger partial charge in [-0.15, -0.1) is 24.0 Å². The third-order valence-electron chi connectivity index (χ3n) is 4.32. The molecule has 0 bridgehead atoms. The normalized spacial score (nSPS) is 12.2. The van der Waals surface area contributed by atoms with Crippen LogP contribution in [-0.2, 0) is 6.42 Å². The molecule has 1 atom stereocenters. The molecule has 2 N–H and O–H groups in total. The Hall–Kier alpha value is -2.49. The summed E-state index contributed by atoms with van der Waals surface area (Å²) in [6, 6.07) is 13.6. The van der Waals surface area contributed by atoms with Gasteiger partial charge in [0.15, 0.2) is 5.96 Å². The van der Waals surface area contributed by atoms with Crippen LogP contribution in [0.3, 0.4) is 0 Å². The number of guanidine groups is 1. The van der Waals surface area contributed by atoms with Gasteiger partial charge < -0.3 is 24.5 Å². The molecule has 3 rings (SSSR count). The molecule has 0 saturated heterocycles. The molecule has 3 aromatic rings. The molecule has 1 aromatic carbocycles. The minimum absolute atomic E-state index is 0. The van der Waals surface area contributed by atoms with E-state index in [1.807, 2.05) is 60.0 Å². The molecule has 0 spiro atoms. The summed E-state index contributed by atoms with van der Waals surface area (Å²) in [5.41, 5.74) is 2.01. The standard InChI is InChI=1S/C22H29N5O2.HI/c1-4-23-22(24-12-11-18-16-27-13-6-5-10-21(27)26-18)25-15-17(2)29-20-9-7-8-19(14-20)28-3;/h5-10,13-14,16-17H,4,11-12,15H2,1-3H3,(H2,23,24,25);1H. The maximum atomic E-state index is 5.94. The molecule has 2 heterocycles. The lowest BCUT2D eigenvalue weighted by molar-refractivity contribution is 0.229. The van der Waals surface area contributed by atoms with Crippen molar-refractivity contribution in [3.05, 3.63) is 60.6 Å². The molecule has 0 amide bonds. The number of nitrogens with zero attached hydrogens (tertiary/aromatic N) is 3. The summed E-state index contributed by atoms with van der Waals surface area (Å²) in [5, 5.41) is 6.64. The number of fused-ring (bicyclic) bond motifs is 1. The van der Waals surface area contributed by atoms with Crippen LogP contribution in [-0.4, -0.2) is 48.2 Å². The van der Waals surface area contributed by atoms with Gasteiger partial charge in [-0.25, -0.2) is 9.98 Å². The summed E-state index contributed by atoms with van der Waals surface area (Å²) < 4.78 is 13.2. The maximum Gasteiger partial charge on any atom is 0.191 e. The van der Waals surface area contributed by atoms with Crippen LogP contribution in [0.1, 0.15) is 19.5 Å². The van der Waals surface area contributed by atoms with Gasteiger partial charge in [0.05, 0.1) is 19.3 Å². The Balaban J connectivity index is 0.00000320. The Morgan fingerprint density at radius 3 is 2.77 bits per heavy atom. The first-order valence-corrected chi connectivity index (χ1v) is 9.93. The van der Waals surface area contributed by atoms with Crippen LogP contribution in [0, 0.1) is 0 Å². The SMILES string of the molecule is CCNC(=NCC(C)Oc1cccc(OC)c1)NCCc1cn2ccccc2n1.I. The highest BCUT2D eigenvalue weighted by Gasteiger charge is 2.06. The van der Waals surface area contributed by atoms with E-state index in [0.29, 0.717) is 6.54 Å². The van der Waals surface area contributed by atoms with Gasteiger partial charge in [0, 0.05) is 38.0 Å². The second kappa shape index (κ2) is 12.3. The molecule has 7 nitrogen and oxygen atoms in total. The van der Waals surface area contributed by atoms with E-state index in [1.165, 1.54) is 0 Å². The fourth-order valence-corrected chi connectivity index (χ4v) is 2.92. The number of aliphatic imine (C=N–C) groups is 1. The number of hydrogen-bond acceptors (Lipinski definition) is 4. The van der Waals surface area contributed by atoms with Gasteiger partial charge in [0.1, 0.15) is 23.3 Å². The zero-order valence-corrected chi connectivity index (χ0v) is 20.0. The quantitative estimate of drug-likeness (QED) is 0.255. The average Bonchev–Trinajstić information content (AvgIpc) is 3.15. The van der Waals surface area contributed by atoms with Gasteiger partial charge in [-0.05, 0) is 38.1 Å². The Bertz CT molecular complexity index is 911. The van der Waals surface area contributed by atoms with Crippen molar-refractivity contribution in [3.63, 3.8) is 0 Å². The summed E-state index contributed by atoms with van der Waals surface area (Å²) in [6.45, 7) is 6.14. The van der Waals surface area contributed by atoms with E-state index in [0.717, 1.165) is 48.3 Å². The van der Waals surface area contributed by atoms with Crippen molar-refractivity contribution in [2.75, 3.05) is 26.7 Å². The van der Waals surface area contributed by atoms with E-state index in [4.69, 9.17) is 9.47 Å². The van der Waals surface area contributed by atoms with Crippen molar-refractivity contribution >= 4 is 35.6 Å². The van der Waals surface area contributed by atoms with Crippen molar-refractivity contribution in [3.8, 4) is 11.5 Å². The second-order valence-corrected chi connectivity index (χ2v) is 6.70. The van der Waals surface area contributed by atoms with Gasteiger partial charge in [-0.3, -0.25) is 0 Å². The molecule has 1 unspecified atom stereocenters. The molecule has 30 heavy (non-hydrogen) atoms. The fraction of sp³-hybridized carbons (Fsp3) is 0.364. The van der Waals surface area contributed by atoms with Crippen molar-refractivity contribution in [2.45, 2.75) is 26.4 Å². The Morgan fingerprint density at radius 1 is 1.17 bits per heavy atom. The van der Waals surface area contributed by atoms with E-state index >= 15 is 0 Å². The van der Waals surface area contributed by atoms with E-state index in [1.54, 1.807) is 7.11 Å². The van der Waals surface area contributed by atoms with Crippen LogP contribution in [0.25, 0.3) is 5.65 Å². The largest absolute Gasteiger partial charge is 0.497 e. The van der Waals surface area contributed by atoms with Crippen LogP contribution >= 0.6 is 24.0 Å². The average molecular weight is 523 g/mol. The number of methoxy groups -OCH3 is 1. The first-order valence-electron chi connectivity index (χ1n) is 9.93. The third kappa shape index (κ3) is 7.08. The number of pyridine rings is 1. The van der Waals surface area contributed by atoms with Gasteiger partial charge in [0.25, 0.3) is 0 Å². The highest BCUT2D eigenvalue weighted by atomic mass is 127. The summed E-state index contributed by atoms with van der Waals surface area (Å²) in [7, 11) is 1.65. The van der Waals surface area contributed by atoms with Crippen LogP contribution in [0.15, 0.2) is 59.9 Å². The highest BCUT2D eigenvalue weighted by molar-refractivity contribution is 14.0. The molecule has 2 aromatic heterocycles. The van der Waals surface area contributed by atoms with Crippen molar-refractivity contribution in [1.29, 1.82) is 0 Å². The van der Waals surface area contributed by atoms with Crippen LogP contribution < -0.4 is 20.1 Å². The lowest BCUT2D eigenvalue weighted by Gasteiger charge is -2.15. The lowest BCUT2D eigenvalue weighted by Crippen LogP contribution is -2.39. The number of benzene rings is 1. The van der Waals surface area contributed by atoms with Crippen molar-refractivity contribution < 1.29 is 9.47 Å². The van der Waals surface area contributed by atoms with E-state index in [9.17, 15) is 0 Å². The van der Waals surface area contributed by atoms with Crippen LogP contribution in [0.4, 0.5) is 0 Å². The summed E-state index contributed by atoms with van der Waals surface area (Å²) in [4.78, 5) is 9.26.